The molecule has 106 valence electrons. The van der Waals surface area contributed by atoms with E-state index in [9.17, 15) is 0 Å². The maximum atomic E-state index is 9.14. The summed E-state index contributed by atoms with van der Waals surface area (Å²) in [6.07, 6.45) is 0.835. The Morgan fingerprint density at radius 2 is 2.32 bits per heavy atom. The highest BCUT2D eigenvalue weighted by Gasteiger charge is 2.21. The van der Waals surface area contributed by atoms with Crippen LogP contribution in [0.1, 0.15) is 17.5 Å². The van der Waals surface area contributed by atoms with Crippen LogP contribution in [0.5, 0.6) is 5.75 Å². The quantitative estimate of drug-likeness (QED) is 0.838. The molecule has 1 aromatic carbocycles. The van der Waals surface area contributed by atoms with E-state index < -0.39 is 0 Å². The molecular weight excluding hydrogens is 240 g/mol. The fourth-order valence-corrected chi connectivity index (χ4v) is 2.72. The Labute approximate surface area is 115 Å². The number of benzene rings is 1. The first-order valence-corrected chi connectivity index (χ1v) is 6.93. The van der Waals surface area contributed by atoms with Gasteiger partial charge in [0.1, 0.15) is 5.75 Å². The molecule has 4 heteroatoms. The fourth-order valence-electron chi connectivity index (χ4n) is 2.72. The SMILES string of the molecule is COc1ccc(CN2CCNC[C@H]2CCO)cc1C. The Kier molecular flexibility index (Phi) is 5.19. The van der Waals surface area contributed by atoms with Gasteiger partial charge < -0.3 is 15.2 Å². The van der Waals surface area contributed by atoms with Crippen LogP contribution in [0, 0.1) is 6.92 Å². The van der Waals surface area contributed by atoms with E-state index in [-0.39, 0.29) is 6.61 Å². The van der Waals surface area contributed by atoms with Crippen molar-refractivity contribution in [2.24, 2.45) is 0 Å². The molecule has 1 aliphatic heterocycles. The van der Waals surface area contributed by atoms with Crippen LogP contribution in [-0.2, 0) is 6.54 Å². The van der Waals surface area contributed by atoms with E-state index in [4.69, 9.17) is 9.84 Å². The number of hydrogen-bond acceptors (Lipinski definition) is 4. The molecule has 1 saturated heterocycles. The van der Waals surface area contributed by atoms with Gasteiger partial charge in [-0.2, -0.15) is 0 Å². The average Bonchev–Trinajstić information content (AvgIpc) is 2.41. The molecular formula is C15H24N2O2. The molecule has 0 aliphatic carbocycles. The zero-order valence-corrected chi connectivity index (χ0v) is 11.9. The molecule has 0 amide bonds. The minimum atomic E-state index is 0.254. The molecule has 1 aliphatic rings. The molecule has 1 aromatic rings. The lowest BCUT2D eigenvalue weighted by molar-refractivity contribution is 0.123. The Morgan fingerprint density at radius 3 is 3.00 bits per heavy atom. The third kappa shape index (κ3) is 3.69. The summed E-state index contributed by atoms with van der Waals surface area (Å²) in [4.78, 5) is 2.45. The van der Waals surface area contributed by atoms with E-state index in [0.29, 0.717) is 6.04 Å². The monoisotopic (exact) mass is 264 g/mol. The van der Waals surface area contributed by atoms with Crippen molar-refractivity contribution in [1.82, 2.24) is 10.2 Å². The number of rotatable bonds is 5. The van der Waals surface area contributed by atoms with Crippen molar-refractivity contribution in [3.63, 3.8) is 0 Å². The predicted molar refractivity (Wildman–Crippen MR) is 76.5 cm³/mol. The van der Waals surface area contributed by atoms with E-state index in [1.54, 1.807) is 7.11 Å². The lowest BCUT2D eigenvalue weighted by Gasteiger charge is -2.36. The number of methoxy groups -OCH3 is 1. The summed E-state index contributed by atoms with van der Waals surface area (Å²) in [5, 5.41) is 12.5. The number of hydrogen-bond donors (Lipinski definition) is 2. The minimum Gasteiger partial charge on any atom is -0.496 e. The number of nitrogens with zero attached hydrogens (tertiary/aromatic N) is 1. The minimum absolute atomic E-state index is 0.254. The zero-order chi connectivity index (χ0) is 13.7. The topological polar surface area (TPSA) is 44.7 Å². The summed E-state index contributed by atoms with van der Waals surface area (Å²) in [5.41, 5.74) is 2.48. The highest BCUT2D eigenvalue weighted by Crippen LogP contribution is 2.20. The van der Waals surface area contributed by atoms with Crippen molar-refractivity contribution in [1.29, 1.82) is 0 Å². The molecule has 4 nitrogen and oxygen atoms in total. The molecule has 2 N–H and O–H groups in total. The lowest BCUT2D eigenvalue weighted by atomic mass is 10.1. The van der Waals surface area contributed by atoms with Crippen molar-refractivity contribution < 1.29 is 9.84 Å². The van der Waals surface area contributed by atoms with Crippen LogP contribution >= 0.6 is 0 Å². The first-order valence-electron chi connectivity index (χ1n) is 6.93. The molecule has 0 bridgehead atoms. The Morgan fingerprint density at radius 1 is 1.47 bits per heavy atom. The first-order chi connectivity index (χ1) is 9.24. The van der Waals surface area contributed by atoms with E-state index in [2.05, 4.69) is 29.3 Å². The van der Waals surface area contributed by atoms with Gasteiger partial charge in [0.2, 0.25) is 0 Å². The van der Waals surface area contributed by atoms with Gasteiger partial charge in [-0.15, -0.1) is 0 Å². The van der Waals surface area contributed by atoms with E-state index in [1.807, 2.05) is 6.07 Å². The smallest absolute Gasteiger partial charge is 0.121 e. The number of piperazine rings is 1. The van der Waals surface area contributed by atoms with Crippen molar-refractivity contribution in [3.8, 4) is 5.75 Å². The summed E-state index contributed by atoms with van der Waals surface area (Å²) >= 11 is 0. The Bertz CT molecular complexity index is 407. The second kappa shape index (κ2) is 6.89. The van der Waals surface area contributed by atoms with E-state index in [0.717, 1.165) is 38.3 Å². The predicted octanol–water partition coefficient (Wildman–Crippen LogP) is 1.16. The number of nitrogens with one attached hydrogen (secondary N) is 1. The van der Waals surface area contributed by atoms with Gasteiger partial charge in [-0.1, -0.05) is 12.1 Å². The maximum Gasteiger partial charge on any atom is 0.121 e. The lowest BCUT2D eigenvalue weighted by Crippen LogP contribution is -2.51. The molecule has 0 aromatic heterocycles. The molecule has 1 fully saturated rings. The standard InChI is InChI=1S/C15H24N2O2/c1-12-9-13(3-4-15(12)19-2)11-17-7-6-16-10-14(17)5-8-18/h3-4,9,14,16,18H,5-8,10-11H2,1-2H3/t14-/m1/s1. The molecule has 0 spiro atoms. The number of aliphatic hydroxyl groups is 1. The van der Waals surface area contributed by atoms with Crippen molar-refractivity contribution in [2.75, 3.05) is 33.4 Å². The van der Waals surface area contributed by atoms with Gasteiger partial charge in [0.15, 0.2) is 0 Å². The number of ether oxygens (including phenoxy) is 1. The van der Waals surface area contributed by atoms with Gasteiger partial charge in [0.25, 0.3) is 0 Å². The fraction of sp³-hybridized carbons (Fsp3) is 0.600. The number of aryl methyl sites for hydroxylation is 1. The molecule has 0 radical (unpaired) electrons. The maximum absolute atomic E-state index is 9.14. The second-order valence-electron chi connectivity index (χ2n) is 5.14. The molecule has 1 atom stereocenters. The van der Waals surface area contributed by atoms with Crippen LogP contribution in [0.4, 0.5) is 0 Å². The van der Waals surface area contributed by atoms with Crippen LogP contribution in [0.2, 0.25) is 0 Å². The second-order valence-corrected chi connectivity index (χ2v) is 5.14. The van der Waals surface area contributed by atoms with Gasteiger partial charge >= 0.3 is 0 Å². The summed E-state index contributed by atoms with van der Waals surface area (Å²) < 4.78 is 5.29. The highest BCUT2D eigenvalue weighted by atomic mass is 16.5. The van der Waals surface area contributed by atoms with Crippen LogP contribution < -0.4 is 10.1 Å². The van der Waals surface area contributed by atoms with E-state index in [1.165, 1.54) is 11.1 Å². The van der Waals surface area contributed by atoms with Gasteiger partial charge in [-0.3, -0.25) is 4.90 Å². The summed E-state index contributed by atoms with van der Waals surface area (Å²) in [5.74, 6) is 0.941. The third-order valence-corrected chi connectivity index (χ3v) is 3.78. The van der Waals surface area contributed by atoms with E-state index >= 15 is 0 Å². The Hall–Kier alpha value is -1.10. The van der Waals surface area contributed by atoms with Crippen LogP contribution in [0.15, 0.2) is 18.2 Å². The normalized spacial score (nSPS) is 20.5. The van der Waals surface area contributed by atoms with Gasteiger partial charge in [0.05, 0.1) is 7.11 Å². The highest BCUT2D eigenvalue weighted by molar-refractivity contribution is 5.36. The molecule has 0 unspecified atom stereocenters. The van der Waals surface area contributed by atoms with Crippen LogP contribution in [-0.4, -0.2) is 49.4 Å². The van der Waals surface area contributed by atoms with Gasteiger partial charge in [-0.05, 0) is 30.5 Å². The molecule has 2 rings (SSSR count). The van der Waals surface area contributed by atoms with Crippen molar-refractivity contribution in [3.05, 3.63) is 29.3 Å². The van der Waals surface area contributed by atoms with Crippen LogP contribution in [0.3, 0.4) is 0 Å². The summed E-state index contributed by atoms with van der Waals surface area (Å²) in [6.45, 7) is 6.30. The summed E-state index contributed by atoms with van der Waals surface area (Å²) in [6, 6.07) is 6.79. The largest absolute Gasteiger partial charge is 0.496 e. The average molecular weight is 264 g/mol. The van der Waals surface area contributed by atoms with Crippen LogP contribution in [0.25, 0.3) is 0 Å². The molecule has 0 saturated carbocycles. The zero-order valence-electron chi connectivity index (χ0n) is 11.9. The van der Waals surface area contributed by atoms with Gasteiger partial charge in [0, 0.05) is 38.8 Å². The Balaban J connectivity index is 2.04. The first kappa shape index (κ1) is 14.3. The van der Waals surface area contributed by atoms with Gasteiger partial charge in [-0.25, -0.2) is 0 Å². The molecule has 1 heterocycles. The summed E-state index contributed by atoms with van der Waals surface area (Å²) in [7, 11) is 1.70. The molecule has 19 heavy (non-hydrogen) atoms. The number of aliphatic hydroxyl groups excluding tert-OH is 1. The van der Waals surface area contributed by atoms with Crippen molar-refractivity contribution in [2.45, 2.75) is 25.9 Å². The van der Waals surface area contributed by atoms with Crippen molar-refractivity contribution >= 4 is 0 Å². The third-order valence-electron chi connectivity index (χ3n) is 3.78.